The molecule has 0 spiro atoms. The Morgan fingerprint density at radius 1 is 1.58 bits per heavy atom. The van der Waals surface area contributed by atoms with E-state index in [4.69, 9.17) is 4.74 Å². The third-order valence-electron chi connectivity index (χ3n) is 2.44. The Bertz CT molecular complexity index is 160. The molecule has 1 rings (SSSR count). The number of hydrogen-bond acceptors (Lipinski definition) is 1. The first-order valence-electron chi connectivity index (χ1n) is 4.71. The molecule has 0 aromatic heterocycles. The molecule has 68 valence electrons. The molecule has 12 heavy (non-hydrogen) atoms. The van der Waals surface area contributed by atoms with Crippen LogP contribution in [0.4, 0.5) is 0 Å². The minimum absolute atomic E-state index is 0.707. The van der Waals surface area contributed by atoms with Gasteiger partial charge in [0.05, 0.1) is 6.61 Å². The summed E-state index contributed by atoms with van der Waals surface area (Å²) in [7, 11) is 0. The third-order valence-corrected chi connectivity index (χ3v) is 2.44. The van der Waals surface area contributed by atoms with Gasteiger partial charge in [-0.25, -0.2) is 0 Å². The molecule has 1 saturated heterocycles. The molecule has 0 aromatic carbocycles. The van der Waals surface area contributed by atoms with Gasteiger partial charge < -0.3 is 4.74 Å². The highest BCUT2D eigenvalue weighted by Crippen LogP contribution is 2.24. The molecule has 0 aromatic rings. The van der Waals surface area contributed by atoms with E-state index in [1.165, 1.54) is 18.4 Å². The van der Waals surface area contributed by atoms with Gasteiger partial charge in [-0.3, -0.25) is 0 Å². The van der Waals surface area contributed by atoms with Crippen molar-refractivity contribution in [2.75, 3.05) is 13.2 Å². The summed E-state index contributed by atoms with van der Waals surface area (Å²) in [4.78, 5) is 0. The minimum atomic E-state index is 0.707. The van der Waals surface area contributed by atoms with E-state index < -0.39 is 0 Å². The zero-order valence-electron chi connectivity index (χ0n) is 7.72. The maximum atomic E-state index is 5.30. The van der Waals surface area contributed by atoms with Gasteiger partial charge in [0.2, 0.25) is 0 Å². The van der Waals surface area contributed by atoms with Gasteiger partial charge in [0.25, 0.3) is 0 Å². The predicted octanol–water partition coefficient (Wildman–Crippen LogP) is 2.94. The van der Waals surface area contributed by atoms with Gasteiger partial charge in [-0.15, -0.1) is 6.58 Å². The SMILES string of the molecule is C=CCCC[C@H]1CCOCC1=C. The number of allylic oxidation sites excluding steroid dienone is 1. The molecule has 0 aliphatic carbocycles. The summed E-state index contributed by atoms with van der Waals surface area (Å²) < 4.78 is 5.30. The van der Waals surface area contributed by atoms with Crippen LogP contribution in [-0.2, 0) is 4.74 Å². The van der Waals surface area contributed by atoms with Crippen LogP contribution in [0.5, 0.6) is 0 Å². The maximum Gasteiger partial charge on any atom is 0.0676 e. The molecule has 0 saturated carbocycles. The molecular weight excluding hydrogens is 148 g/mol. The smallest absolute Gasteiger partial charge is 0.0676 e. The van der Waals surface area contributed by atoms with Crippen LogP contribution < -0.4 is 0 Å². The van der Waals surface area contributed by atoms with E-state index in [1.807, 2.05) is 6.08 Å². The average molecular weight is 166 g/mol. The lowest BCUT2D eigenvalue weighted by molar-refractivity contribution is 0.105. The van der Waals surface area contributed by atoms with Gasteiger partial charge in [-0.1, -0.05) is 12.7 Å². The second kappa shape index (κ2) is 5.15. The molecule has 1 aliphatic heterocycles. The Morgan fingerprint density at radius 3 is 3.08 bits per heavy atom. The number of ether oxygens (including phenoxy) is 1. The van der Waals surface area contributed by atoms with Gasteiger partial charge >= 0.3 is 0 Å². The highest BCUT2D eigenvalue weighted by molar-refractivity contribution is 5.03. The van der Waals surface area contributed by atoms with E-state index in [1.54, 1.807) is 0 Å². The summed E-state index contributed by atoms with van der Waals surface area (Å²) in [5.74, 6) is 0.707. The molecule has 0 bridgehead atoms. The van der Waals surface area contributed by atoms with Crippen LogP contribution in [0.25, 0.3) is 0 Å². The first kappa shape index (κ1) is 9.53. The molecule has 1 heterocycles. The van der Waals surface area contributed by atoms with Crippen LogP contribution in [0.1, 0.15) is 25.7 Å². The van der Waals surface area contributed by atoms with Crippen molar-refractivity contribution in [3.63, 3.8) is 0 Å². The molecule has 1 nitrogen and oxygen atoms in total. The zero-order valence-corrected chi connectivity index (χ0v) is 7.72. The topological polar surface area (TPSA) is 9.23 Å². The lowest BCUT2D eigenvalue weighted by Gasteiger charge is -2.24. The summed E-state index contributed by atoms with van der Waals surface area (Å²) in [5.41, 5.74) is 1.28. The Balaban J connectivity index is 2.20. The van der Waals surface area contributed by atoms with Gasteiger partial charge in [0, 0.05) is 6.61 Å². The monoisotopic (exact) mass is 166 g/mol. The van der Waals surface area contributed by atoms with Crippen LogP contribution >= 0.6 is 0 Å². The summed E-state index contributed by atoms with van der Waals surface area (Å²) in [6.45, 7) is 9.43. The quantitative estimate of drug-likeness (QED) is 0.461. The van der Waals surface area contributed by atoms with Crippen molar-refractivity contribution in [3.8, 4) is 0 Å². The predicted molar refractivity (Wildman–Crippen MR) is 52.1 cm³/mol. The van der Waals surface area contributed by atoms with Crippen LogP contribution in [0.3, 0.4) is 0 Å². The van der Waals surface area contributed by atoms with Gasteiger partial charge in [-0.2, -0.15) is 0 Å². The minimum Gasteiger partial charge on any atom is -0.377 e. The van der Waals surface area contributed by atoms with E-state index in [0.29, 0.717) is 5.92 Å². The van der Waals surface area contributed by atoms with Crippen molar-refractivity contribution < 1.29 is 4.74 Å². The van der Waals surface area contributed by atoms with Crippen molar-refractivity contribution in [2.24, 2.45) is 5.92 Å². The van der Waals surface area contributed by atoms with Crippen molar-refractivity contribution >= 4 is 0 Å². The van der Waals surface area contributed by atoms with Gasteiger partial charge in [0.15, 0.2) is 0 Å². The van der Waals surface area contributed by atoms with E-state index in [0.717, 1.165) is 26.1 Å². The van der Waals surface area contributed by atoms with Crippen LogP contribution in [0.15, 0.2) is 24.8 Å². The average Bonchev–Trinajstić information content (AvgIpc) is 2.09. The Kier molecular flexibility index (Phi) is 4.09. The fourth-order valence-corrected chi connectivity index (χ4v) is 1.61. The highest BCUT2D eigenvalue weighted by Gasteiger charge is 2.16. The first-order chi connectivity index (χ1) is 5.84. The first-order valence-corrected chi connectivity index (χ1v) is 4.71. The number of hydrogen-bond donors (Lipinski definition) is 0. The van der Waals surface area contributed by atoms with Crippen LogP contribution in [0.2, 0.25) is 0 Å². The van der Waals surface area contributed by atoms with E-state index in [-0.39, 0.29) is 0 Å². The third kappa shape index (κ3) is 2.82. The number of unbranched alkanes of at least 4 members (excludes halogenated alkanes) is 1. The highest BCUT2D eigenvalue weighted by atomic mass is 16.5. The fourth-order valence-electron chi connectivity index (χ4n) is 1.61. The molecule has 0 amide bonds. The Labute approximate surface area is 75.1 Å². The van der Waals surface area contributed by atoms with E-state index >= 15 is 0 Å². The van der Waals surface area contributed by atoms with E-state index in [2.05, 4.69) is 13.2 Å². The van der Waals surface area contributed by atoms with Gasteiger partial charge in [-0.05, 0) is 37.2 Å². The van der Waals surface area contributed by atoms with Crippen molar-refractivity contribution in [2.45, 2.75) is 25.7 Å². The molecule has 0 radical (unpaired) electrons. The van der Waals surface area contributed by atoms with Gasteiger partial charge in [0.1, 0.15) is 0 Å². The lowest BCUT2D eigenvalue weighted by Crippen LogP contribution is -2.18. The molecule has 0 N–H and O–H groups in total. The summed E-state index contributed by atoms with van der Waals surface area (Å²) in [5, 5.41) is 0. The zero-order chi connectivity index (χ0) is 8.81. The maximum absolute atomic E-state index is 5.30. The molecule has 1 aliphatic rings. The fraction of sp³-hybridized carbons (Fsp3) is 0.636. The second-order valence-electron chi connectivity index (χ2n) is 3.42. The lowest BCUT2D eigenvalue weighted by atomic mass is 9.90. The molecular formula is C11H18O. The van der Waals surface area contributed by atoms with Crippen molar-refractivity contribution in [1.82, 2.24) is 0 Å². The van der Waals surface area contributed by atoms with Crippen molar-refractivity contribution in [3.05, 3.63) is 24.8 Å². The standard InChI is InChI=1S/C11H18O/c1-3-4-5-6-11-7-8-12-9-10(11)2/h3,11H,1-2,4-9H2/t11-/m0/s1. The largest absolute Gasteiger partial charge is 0.377 e. The summed E-state index contributed by atoms with van der Waals surface area (Å²) in [6.07, 6.45) is 6.78. The summed E-state index contributed by atoms with van der Waals surface area (Å²) in [6, 6.07) is 0. The summed E-state index contributed by atoms with van der Waals surface area (Å²) >= 11 is 0. The normalized spacial score (nSPS) is 24.0. The Morgan fingerprint density at radius 2 is 2.42 bits per heavy atom. The van der Waals surface area contributed by atoms with E-state index in [9.17, 15) is 0 Å². The van der Waals surface area contributed by atoms with Crippen molar-refractivity contribution in [1.29, 1.82) is 0 Å². The van der Waals surface area contributed by atoms with Crippen LogP contribution in [0, 0.1) is 5.92 Å². The second-order valence-corrected chi connectivity index (χ2v) is 3.42. The number of rotatable bonds is 4. The van der Waals surface area contributed by atoms with Crippen LogP contribution in [-0.4, -0.2) is 13.2 Å². The molecule has 0 unspecified atom stereocenters. The molecule has 1 heteroatoms. The molecule has 1 atom stereocenters. The Hall–Kier alpha value is -0.560. The molecule has 1 fully saturated rings.